The predicted molar refractivity (Wildman–Crippen MR) is 312 cm³/mol. The van der Waals surface area contributed by atoms with Crippen LogP contribution in [0.2, 0.25) is 0 Å². The van der Waals surface area contributed by atoms with E-state index in [9.17, 15) is 36.3 Å². The number of fused-ring (bicyclic) bond motifs is 2. The second-order valence-electron chi connectivity index (χ2n) is 23.4. The predicted octanol–water partition coefficient (Wildman–Crippen LogP) is 9.79. The number of nitrogens with zero attached hydrogens (tertiary/aromatic N) is 4. The number of rotatable bonds is 33. The van der Waals surface area contributed by atoms with Crippen LogP contribution in [0.25, 0.3) is 0 Å². The van der Waals surface area contributed by atoms with Crippen LogP contribution in [0.3, 0.4) is 0 Å². The van der Waals surface area contributed by atoms with Gasteiger partial charge in [0, 0.05) is 83.8 Å². The molecule has 0 saturated carbocycles. The fourth-order valence-corrected chi connectivity index (χ4v) is 12.9. The largest absolute Gasteiger partial charge is 0.481 e. The Hall–Kier alpha value is -4.63. The second kappa shape index (κ2) is 28.7. The lowest BCUT2D eigenvalue weighted by Crippen LogP contribution is -2.43. The molecule has 2 aromatic carbocycles. The van der Waals surface area contributed by atoms with Crippen molar-refractivity contribution in [2.75, 3.05) is 103 Å². The monoisotopic (exact) mass is 1140 g/mol. The van der Waals surface area contributed by atoms with Crippen molar-refractivity contribution in [3.63, 3.8) is 0 Å². The molecule has 5 rings (SSSR count). The fourth-order valence-electron chi connectivity index (χ4n) is 10.7. The van der Waals surface area contributed by atoms with E-state index in [1.807, 2.05) is 28.2 Å². The highest BCUT2D eigenvalue weighted by Crippen LogP contribution is 2.48. The van der Waals surface area contributed by atoms with Crippen molar-refractivity contribution >= 4 is 67.0 Å². The molecule has 0 bridgehead atoms. The number of hydrogen-bond acceptors (Lipinski definition) is 11. The molecule has 0 spiro atoms. The quantitative estimate of drug-likeness (QED) is 0.0200. The minimum Gasteiger partial charge on any atom is -0.481 e. The van der Waals surface area contributed by atoms with Crippen molar-refractivity contribution in [2.24, 2.45) is 0 Å². The summed E-state index contributed by atoms with van der Waals surface area (Å²) in [6, 6.07) is 17.1. The lowest BCUT2D eigenvalue weighted by atomic mass is 9.81. The van der Waals surface area contributed by atoms with Gasteiger partial charge in [0.05, 0.1) is 64.6 Å². The number of allylic oxidation sites excluding steroid dienone is 7. The van der Waals surface area contributed by atoms with Gasteiger partial charge in [-0.25, -0.2) is 0 Å². The topological polar surface area (TPSA) is 205 Å². The van der Waals surface area contributed by atoms with Crippen LogP contribution in [-0.4, -0.2) is 166 Å². The molecule has 19 heteroatoms. The van der Waals surface area contributed by atoms with Crippen molar-refractivity contribution in [3.05, 3.63) is 106 Å². The average molecular weight is 1140 g/mol. The first-order valence-electron chi connectivity index (χ1n) is 27.7. The summed E-state index contributed by atoms with van der Waals surface area (Å²) in [4.78, 5) is 40.8. The Morgan fingerprint density at radius 1 is 0.679 bits per heavy atom. The van der Waals surface area contributed by atoms with E-state index in [0.717, 1.165) is 62.9 Å². The number of para-hydroxylation sites is 2. The van der Waals surface area contributed by atoms with Crippen molar-refractivity contribution in [1.82, 2.24) is 0 Å². The summed E-state index contributed by atoms with van der Waals surface area (Å²) in [7, 11) is -0.256. The van der Waals surface area contributed by atoms with Crippen LogP contribution in [0, 0.1) is 0 Å². The minimum atomic E-state index is -4.01. The number of anilines is 1. The summed E-state index contributed by atoms with van der Waals surface area (Å²) < 4.78 is 77.0. The molecule has 0 atom stereocenters. The Kier molecular flexibility index (Phi) is 23.6. The number of carbonyl (C=O) groups is 3. The molecule has 0 unspecified atom stereocenters. The number of carbonyl (C=O) groups excluding carboxylic acids is 2. The third-order valence-corrected chi connectivity index (χ3v) is 18.1. The zero-order chi connectivity index (χ0) is 57.4. The van der Waals surface area contributed by atoms with Gasteiger partial charge in [-0.05, 0) is 87.6 Å². The number of carboxylic acids is 1. The Bertz CT molecular complexity index is 2810. The van der Waals surface area contributed by atoms with Gasteiger partial charge in [0.25, 0.3) is 20.2 Å². The van der Waals surface area contributed by atoms with Crippen LogP contribution >= 0.6 is 11.8 Å². The molecule has 0 radical (unpaired) electrons. The van der Waals surface area contributed by atoms with E-state index < -0.39 is 26.2 Å². The first-order chi connectivity index (χ1) is 36.6. The molecule has 0 fully saturated rings. The van der Waals surface area contributed by atoms with Gasteiger partial charge in [-0.1, -0.05) is 68.8 Å². The Balaban J connectivity index is 1.28. The van der Waals surface area contributed by atoms with E-state index in [4.69, 9.17) is 18.6 Å². The number of ether oxygens (including phenoxy) is 2. The highest BCUT2D eigenvalue weighted by atomic mass is 32.2. The van der Waals surface area contributed by atoms with Gasteiger partial charge in [0.15, 0.2) is 5.71 Å². The lowest BCUT2D eigenvalue weighted by Gasteiger charge is -2.29. The molecule has 16 nitrogen and oxygen atoms in total. The van der Waals surface area contributed by atoms with E-state index in [1.165, 1.54) is 45.1 Å². The highest BCUT2D eigenvalue weighted by molar-refractivity contribution is 8.03. The lowest BCUT2D eigenvalue weighted by molar-refractivity contribution is -0.890. The minimum absolute atomic E-state index is 0.0531. The standard InChI is InChI=1S/C59H86N4O12S3/c1-58(2)48-24-13-15-26-50(48)60(35-17-9-11-28-55(66)74-41-39-62(5,6)37-20-44-77(68,69)70)52(58)32-30-46-22-19-23-47(57(46)76-43-34-54(64)65)31-33-53-59(3,4)49-25-14-16-27-51(49)61(53)36-18-10-12-29-56(67)75-42-40-63(7,8)38-21-45-78(71,72)73/h13-16,24-27,30-33H,9-12,17-23,28-29,34-45H2,1-8H3/p+3. The fraction of sp³-hybridized carbons (Fsp3) is 0.593. The van der Waals surface area contributed by atoms with Crippen LogP contribution in [0.1, 0.15) is 129 Å². The molecule has 3 N–H and O–H groups in total. The maximum absolute atomic E-state index is 12.7. The summed E-state index contributed by atoms with van der Waals surface area (Å²) in [6.45, 7) is 13.2. The number of likely N-dealkylation sites (N-methyl/N-ethyl adjacent to an activating group) is 2. The first-order valence-corrected chi connectivity index (χ1v) is 32.0. The van der Waals surface area contributed by atoms with E-state index >= 15 is 0 Å². The number of esters is 2. The van der Waals surface area contributed by atoms with Crippen LogP contribution in [0.15, 0.2) is 94.6 Å². The average Bonchev–Trinajstić information content (AvgIpc) is 3.71. The third kappa shape index (κ3) is 19.9. The van der Waals surface area contributed by atoms with Crippen LogP contribution in [0.4, 0.5) is 11.4 Å². The molecule has 0 saturated heterocycles. The molecule has 432 valence electrons. The van der Waals surface area contributed by atoms with Crippen LogP contribution in [-0.2, 0) is 54.9 Å². The molecule has 0 aromatic heterocycles. The van der Waals surface area contributed by atoms with E-state index in [2.05, 4.69) is 110 Å². The molecule has 2 heterocycles. The number of unbranched alkanes of at least 4 members (excludes halogenated alkanes) is 4. The molecule has 2 aromatic rings. The Morgan fingerprint density at radius 2 is 1.24 bits per heavy atom. The number of quaternary nitrogens is 2. The zero-order valence-corrected chi connectivity index (χ0v) is 50.1. The second-order valence-corrected chi connectivity index (χ2v) is 27.6. The van der Waals surface area contributed by atoms with Gasteiger partial charge in [-0.15, -0.1) is 11.8 Å². The molecule has 0 amide bonds. The normalized spacial score (nSPS) is 17.6. The number of thioether (sulfide) groups is 1. The van der Waals surface area contributed by atoms with E-state index in [1.54, 1.807) is 11.8 Å². The van der Waals surface area contributed by atoms with E-state index in [0.29, 0.717) is 79.4 Å². The van der Waals surface area contributed by atoms with Gasteiger partial charge in [0.2, 0.25) is 5.69 Å². The Labute approximate surface area is 470 Å². The zero-order valence-electron chi connectivity index (χ0n) is 47.6. The van der Waals surface area contributed by atoms with Crippen LogP contribution in [0.5, 0.6) is 0 Å². The van der Waals surface area contributed by atoms with Gasteiger partial charge >= 0.3 is 17.9 Å². The van der Waals surface area contributed by atoms with Gasteiger partial charge < -0.3 is 28.4 Å². The summed E-state index contributed by atoms with van der Waals surface area (Å²) in [5.41, 5.74) is 9.06. The highest BCUT2D eigenvalue weighted by Gasteiger charge is 2.44. The molecule has 3 aliphatic rings. The number of carboxylic acid groups (broad SMARTS) is 1. The summed E-state index contributed by atoms with van der Waals surface area (Å²) in [5, 5.41) is 9.71. The summed E-state index contributed by atoms with van der Waals surface area (Å²) >= 11 is 1.63. The summed E-state index contributed by atoms with van der Waals surface area (Å²) in [6.07, 6.45) is 17.9. The molecule has 1 aliphatic carbocycles. The maximum Gasteiger partial charge on any atom is 0.305 e. The summed E-state index contributed by atoms with van der Waals surface area (Å²) in [5.74, 6) is -1.45. The molecular weight excluding hydrogens is 1050 g/mol. The third-order valence-electron chi connectivity index (χ3n) is 15.3. The van der Waals surface area contributed by atoms with Crippen molar-refractivity contribution in [1.29, 1.82) is 0 Å². The van der Waals surface area contributed by atoms with Crippen molar-refractivity contribution < 1.29 is 68.4 Å². The molecular formula is C59H89N4O12S3+3. The number of benzene rings is 2. The van der Waals surface area contributed by atoms with Gasteiger partial charge in [-0.3, -0.25) is 23.5 Å². The van der Waals surface area contributed by atoms with Crippen LogP contribution < -0.4 is 4.90 Å². The molecule has 2 aliphatic heterocycles. The number of hydrogen-bond donors (Lipinski definition) is 3. The van der Waals surface area contributed by atoms with Crippen molar-refractivity contribution in [3.8, 4) is 0 Å². The molecule has 78 heavy (non-hydrogen) atoms. The van der Waals surface area contributed by atoms with Gasteiger partial charge in [-0.2, -0.15) is 21.4 Å². The SMILES string of the molecule is CC1(C)C(/C=C/C2=C(SCCC(=O)O)C(=C/C=C3/N(CCCCCC(=O)OCC[N+](C)(C)CCCS(=O)(=O)O)c4ccccc4C3(C)C)/CCC2)=[N+](CCCCCC(=O)OCC[N+](C)(C)CCCS(=O)(=O)O)c2ccccc21. The van der Waals surface area contributed by atoms with E-state index in [-0.39, 0.29) is 53.9 Å². The Morgan fingerprint density at radius 3 is 1.83 bits per heavy atom. The van der Waals surface area contributed by atoms with Gasteiger partial charge in [0.1, 0.15) is 32.8 Å². The maximum atomic E-state index is 12.7. The first kappa shape index (κ1) is 64.2. The smallest absolute Gasteiger partial charge is 0.305 e. The van der Waals surface area contributed by atoms with Crippen molar-refractivity contribution in [2.45, 2.75) is 128 Å². The number of aliphatic carboxylic acids is 1.